The molecule has 3 nitrogen and oxygen atoms in total. The molecule has 0 saturated heterocycles. The number of hydrogen-bond donors (Lipinski definition) is 1. The molecule has 0 aliphatic carbocycles. The minimum atomic E-state index is 0.225. The number of anilines is 1. The van der Waals surface area contributed by atoms with E-state index in [-0.39, 0.29) is 6.10 Å². The number of allylic oxidation sites excluding steroid dienone is 8. The van der Waals surface area contributed by atoms with Gasteiger partial charge in [0.05, 0.1) is 12.7 Å². The van der Waals surface area contributed by atoms with Crippen LogP contribution in [0.3, 0.4) is 0 Å². The van der Waals surface area contributed by atoms with Crippen molar-refractivity contribution in [3.8, 4) is 0 Å². The molecule has 0 aliphatic heterocycles. The summed E-state index contributed by atoms with van der Waals surface area (Å²) >= 11 is 6.21. The second kappa shape index (κ2) is 40.1. The van der Waals surface area contributed by atoms with Crippen molar-refractivity contribution in [3.05, 3.63) is 90.0 Å². The molecule has 0 radical (unpaired) electrons. The topological polar surface area (TPSA) is 30.5 Å². The minimum Gasteiger partial charge on any atom is -0.385 e. The van der Waals surface area contributed by atoms with Gasteiger partial charge in [0.1, 0.15) is 0 Å². The largest absolute Gasteiger partial charge is 0.385 e. The van der Waals surface area contributed by atoms with E-state index in [1.165, 1.54) is 183 Å². The molecule has 1 unspecified atom stereocenters. The number of rotatable bonds is 41. The fraction of sp³-hybridized carbons (Fsp3) is 0.667. The third-order valence-electron chi connectivity index (χ3n) is 11.1. The zero-order chi connectivity index (χ0) is 41.2. The first-order valence-electron chi connectivity index (χ1n) is 24.5. The van der Waals surface area contributed by atoms with Gasteiger partial charge in [-0.1, -0.05) is 189 Å². The standard InChI is InChI=1S/C54H88ClNO2/c1-3-5-7-9-11-13-15-17-19-21-23-25-27-29-33-37-46-57-49-52(58-47-38-34-30-28-26-24-22-20-18-16-14-12-10-8-6-4-2)41-35-31-32-36-45-56-54-42-39-40-50-48-51(55)43-44-53(50)54/h11-14,17-20,39-40,42-44,48,52,56H,3-10,15-16,21-38,41,45-47,49H2,1-2H3/b13-11-,14-12-,19-17-,20-18-. The first-order chi connectivity index (χ1) is 28.7. The first-order valence-corrected chi connectivity index (χ1v) is 24.8. The van der Waals surface area contributed by atoms with E-state index in [2.05, 4.69) is 92.0 Å². The highest BCUT2D eigenvalue weighted by atomic mass is 35.5. The third-order valence-corrected chi connectivity index (χ3v) is 11.3. The van der Waals surface area contributed by atoms with E-state index in [0.29, 0.717) is 0 Å². The van der Waals surface area contributed by atoms with Crippen molar-refractivity contribution in [2.45, 2.75) is 206 Å². The second-order valence-corrected chi connectivity index (χ2v) is 17.0. The van der Waals surface area contributed by atoms with Crippen molar-refractivity contribution in [2.24, 2.45) is 0 Å². The fourth-order valence-electron chi connectivity index (χ4n) is 7.44. The van der Waals surface area contributed by atoms with E-state index >= 15 is 0 Å². The Labute approximate surface area is 363 Å². The monoisotopic (exact) mass is 818 g/mol. The van der Waals surface area contributed by atoms with Crippen LogP contribution in [-0.2, 0) is 9.47 Å². The second-order valence-electron chi connectivity index (χ2n) is 16.5. The van der Waals surface area contributed by atoms with Gasteiger partial charge in [-0.05, 0) is 113 Å². The summed E-state index contributed by atoms with van der Waals surface area (Å²) in [4.78, 5) is 0. The molecule has 0 heterocycles. The van der Waals surface area contributed by atoms with Crippen LogP contribution >= 0.6 is 11.6 Å². The molecule has 0 fully saturated rings. The molecule has 0 aromatic heterocycles. The molecule has 0 amide bonds. The molecule has 1 N–H and O–H groups in total. The highest BCUT2D eigenvalue weighted by Gasteiger charge is 2.10. The summed E-state index contributed by atoms with van der Waals surface area (Å²) in [5, 5.41) is 6.87. The Kier molecular flexibility index (Phi) is 35.8. The molecule has 4 heteroatoms. The molecular weight excluding hydrogens is 730 g/mol. The molecule has 328 valence electrons. The number of halogens is 1. The molecule has 2 aromatic carbocycles. The SMILES string of the molecule is CCCCC/C=C\C/C=C\CCCCCCCCOCC(CCCCCCNc1cccc2cc(Cl)ccc12)OCCCCCCCC/C=C\C/C=C\CCCCC. The van der Waals surface area contributed by atoms with E-state index in [4.69, 9.17) is 21.1 Å². The Morgan fingerprint density at radius 1 is 0.534 bits per heavy atom. The van der Waals surface area contributed by atoms with Gasteiger partial charge in [0, 0.05) is 35.9 Å². The molecule has 0 aliphatic rings. The zero-order valence-electron chi connectivity index (χ0n) is 37.7. The van der Waals surface area contributed by atoms with Gasteiger partial charge in [-0.2, -0.15) is 0 Å². The maximum atomic E-state index is 6.46. The van der Waals surface area contributed by atoms with Crippen molar-refractivity contribution in [3.63, 3.8) is 0 Å². The Bertz CT molecular complexity index is 1320. The molecular formula is C54H88ClNO2. The van der Waals surface area contributed by atoms with Gasteiger partial charge in [0.2, 0.25) is 0 Å². The van der Waals surface area contributed by atoms with Crippen LogP contribution in [0.2, 0.25) is 5.02 Å². The number of hydrogen-bond acceptors (Lipinski definition) is 3. The highest BCUT2D eigenvalue weighted by molar-refractivity contribution is 6.31. The fourth-order valence-corrected chi connectivity index (χ4v) is 7.63. The third kappa shape index (κ3) is 30.7. The van der Waals surface area contributed by atoms with Crippen LogP contribution in [0.5, 0.6) is 0 Å². The predicted octanol–water partition coefficient (Wildman–Crippen LogP) is 17.9. The number of benzene rings is 2. The lowest BCUT2D eigenvalue weighted by molar-refractivity contribution is -0.0234. The van der Waals surface area contributed by atoms with Crippen molar-refractivity contribution in [2.75, 3.05) is 31.7 Å². The van der Waals surface area contributed by atoms with E-state index in [1.807, 2.05) is 12.1 Å². The number of unbranched alkanes of at least 4 members (excludes halogenated alkanes) is 21. The van der Waals surface area contributed by atoms with Gasteiger partial charge in [-0.15, -0.1) is 0 Å². The van der Waals surface area contributed by atoms with Crippen molar-refractivity contribution >= 4 is 28.1 Å². The Balaban J connectivity index is 1.55. The van der Waals surface area contributed by atoms with Gasteiger partial charge in [0.25, 0.3) is 0 Å². The first kappa shape index (κ1) is 51.8. The minimum absolute atomic E-state index is 0.225. The van der Waals surface area contributed by atoms with Gasteiger partial charge < -0.3 is 14.8 Å². The van der Waals surface area contributed by atoms with Gasteiger partial charge >= 0.3 is 0 Å². The van der Waals surface area contributed by atoms with Crippen LogP contribution < -0.4 is 5.32 Å². The Morgan fingerprint density at radius 2 is 1.05 bits per heavy atom. The Hall–Kier alpha value is -2.33. The summed E-state index contributed by atoms with van der Waals surface area (Å²) in [5.74, 6) is 0. The van der Waals surface area contributed by atoms with Gasteiger partial charge in [-0.3, -0.25) is 0 Å². The molecule has 2 aromatic rings. The van der Waals surface area contributed by atoms with Crippen LogP contribution in [0.1, 0.15) is 200 Å². The van der Waals surface area contributed by atoms with Crippen molar-refractivity contribution < 1.29 is 9.47 Å². The average molecular weight is 819 g/mol. The Morgan fingerprint density at radius 3 is 1.66 bits per heavy atom. The summed E-state index contributed by atoms with van der Waals surface area (Å²) in [7, 11) is 0. The lowest BCUT2D eigenvalue weighted by atomic mass is 10.1. The summed E-state index contributed by atoms with van der Waals surface area (Å²) in [6.45, 7) is 8.01. The molecule has 2 rings (SSSR count). The lowest BCUT2D eigenvalue weighted by Gasteiger charge is -2.18. The zero-order valence-corrected chi connectivity index (χ0v) is 38.4. The summed E-state index contributed by atoms with van der Waals surface area (Å²) < 4.78 is 12.7. The van der Waals surface area contributed by atoms with E-state index in [1.54, 1.807) is 0 Å². The molecule has 0 saturated carbocycles. The van der Waals surface area contributed by atoms with Crippen LogP contribution in [0.15, 0.2) is 85.0 Å². The smallest absolute Gasteiger partial charge is 0.0808 e. The predicted molar refractivity (Wildman–Crippen MR) is 260 cm³/mol. The summed E-state index contributed by atoms with van der Waals surface area (Å²) in [6.07, 6.45) is 55.6. The molecule has 0 bridgehead atoms. The van der Waals surface area contributed by atoms with Crippen LogP contribution in [-0.4, -0.2) is 32.5 Å². The van der Waals surface area contributed by atoms with Crippen LogP contribution in [0.4, 0.5) is 5.69 Å². The summed E-state index contributed by atoms with van der Waals surface area (Å²) in [5.41, 5.74) is 1.20. The lowest BCUT2D eigenvalue weighted by Crippen LogP contribution is -2.21. The maximum Gasteiger partial charge on any atom is 0.0808 e. The van der Waals surface area contributed by atoms with E-state index in [9.17, 15) is 0 Å². The number of nitrogens with one attached hydrogen (secondary N) is 1. The molecule has 0 spiro atoms. The maximum absolute atomic E-state index is 6.46. The highest BCUT2D eigenvalue weighted by Crippen LogP contribution is 2.26. The quantitative estimate of drug-likeness (QED) is 0.0536. The van der Waals surface area contributed by atoms with Crippen molar-refractivity contribution in [1.29, 1.82) is 0 Å². The molecule has 1 atom stereocenters. The number of ether oxygens (including phenoxy) is 2. The van der Waals surface area contributed by atoms with E-state index < -0.39 is 0 Å². The summed E-state index contributed by atoms with van der Waals surface area (Å²) in [6, 6.07) is 12.5. The number of fused-ring (bicyclic) bond motifs is 1. The van der Waals surface area contributed by atoms with Gasteiger partial charge in [-0.25, -0.2) is 0 Å². The normalized spacial score (nSPS) is 12.7. The van der Waals surface area contributed by atoms with Crippen LogP contribution in [0.25, 0.3) is 10.8 Å². The van der Waals surface area contributed by atoms with E-state index in [0.717, 1.165) is 50.7 Å². The van der Waals surface area contributed by atoms with Gasteiger partial charge in [0.15, 0.2) is 0 Å². The average Bonchev–Trinajstić information content (AvgIpc) is 3.23. The van der Waals surface area contributed by atoms with Crippen LogP contribution in [0, 0.1) is 0 Å². The molecule has 58 heavy (non-hydrogen) atoms. The van der Waals surface area contributed by atoms with Crippen molar-refractivity contribution in [1.82, 2.24) is 0 Å².